The fourth-order valence-electron chi connectivity index (χ4n) is 2.63. The quantitative estimate of drug-likeness (QED) is 0.770. The number of hydrogen-bond acceptors (Lipinski definition) is 3. The molecule has 0 fully saturated rings. The number of carboxylic acids is 1. The van der Waals surface area contributed by atoms with Gasteiger partial charge < -0.3 is 15.7 Å². The van der Waals surface area contributed by atoms with Crippen LogP contribution in [0.4, 0.5) is 0 Å². The van der Waals surface area contributed by atoms with E-state index in [9.17, 15) is 9.59 Å². The Morgan fingerprint density at radius 2 is 2.10 bits per heavy atom. The van der Waals surface area contributed by atoms with Crippen molar-refractivity contribution in [3.8, 4) is 0 Å². The lowest BCUT2D eigenvalue weighted by molar-refractivity contribution is -0.138. The van der Waals surface area contributed by atoms with Crippen LogP contribution in [0.5, 0.6) is 0 Å². The Labute approximate surface area is 124 Å². The minimum Gasteiger partial charge on any atom is -0.481 e. The van der Waals surface area contributed by atoms with E-state index in [1.165, 1.54) is 5.56 Å². The van der Waals surface area contributed by atoms with E-state index < -0.39 is 11.5 Å². The maximum absolute atomic E-state index is 12.5. The van der Waals surface area contributed by atoms with Gasteiger partial charge in [-0.2, -0.15) is 0 Å². The van der Waals surface area contributed by atoms with Gasteiger partial charge in [-0.1, -0.05) is 24.3 Å². The Kier molecular flexibility index (Phi) is 4.63. The lowest BCUT2D eigenvalue weighted by atomic mass is 9.92. The van der Waals surface area contributed by atoms with Gasteiger partial charge in [-0.3, -0.25) is 9.59 Å². The third-order valence-corrected chi connectivity index (χ3v) is 3.80. The van der Waals surface area contributed by atoms with E-state index in [0.29, 0.717) is 6.42 Å². The van der Waals surface area contributed by atoms with Crippen molar-refractivity contribution in [3.05, 3.63) is 35.4 Å². The molecule has 114 valence electrons. The van der Waals surface area contributed by atoms with Crippen molar-refractivity contribution < 1.29 is 14.7 Å². The highest BCUT2D eigenvalue weighted by atomic mass is 16.4. The van der Waals surface area contributed by atoms with Crippen LogP contribution >= 0.6 is 0 Å². The average Bonchev–Trinajstić information content (AvgIpc) is 2.44. The Bertz CT molecular complexity index is 540. The zero-order valence-electron chi connectivity index (χ0n) is 12.5. The van der Waals surface area contributed by atoms with E-state index >= 15 is 0 Å². The fraction of sp³-hybridized carbons (Fsp3) is 0.500. The van der Waals surface area contributed by atoms with Gasteiger partial charge >= 0.3 is 5.97 Å². The van der Waals surface area contributed by atoms with Gasteiger partial charge in [0.15, 0.2) is 0 Å². The predicted molar refractivity (Wildman–Crippen MR) is 80.0 cm³/mol. The molecule has 1 unspecified atom stereocenters. The maximum atomic E-state index is 12.5. The molecule has 5 heteroatoms. The number of amides is 1. The summed E-state index contributed by atoms with van der Waals surface area (Å²) >= 11 is 0. The molecule has 0 saturated heterocycles. The molecular formula is C16H22N2O3. The largest absolute Gasteiger partial charge is 0.481 e. The summed E-state index contributed by atoms with van der Waals surface area (Å²) in [4.78, 5) is 23.2. The van der Waals surface area contributed by atoms with Gasteiger partial charge in [0.05, 0.1) is 0 Å². The number of benzene rings is 1. The summed E-state index contributed by atoms with van der Waals surface area (Å²) in [6.45, 7) is 4.47. The molecular weight excluding hydrogens is 268 g/mol. The van der Waals surface area contributed by atoms with Crippen molar-refractivity contribution in [1.82, 2.24) is 10.6 Å². The minimum absolute atomic E-state index is 0.0436. The number of carbonyl (C=O) groups is 2. The normalized spacial score (nSPS) is 17.9. The molecule has 0 saturated carbocycles. The molecule has 5 nitrogen and oxygen atoms in total. The zero-order chi connectivity index (χ0) is 15.5. The van der Waals surface area contributed by atoms with Gasteiger partial charge in [0.25, 0.3) is 0 Å². The third kappa shape index (κ3) is 4.04. The number of nitrogens with one attached hydrogen (secondary N) is 2. The predicted octanol–water partition coefficient (Wildman–Crippen LogP) is 1.63. The first-order valence-electron chi connectivity index (χ1n) is 7.24. The van der Waals surface area contributed by atoms with Crippen molar-refractivity contribution in [3.63, 3.8) is 0 Å². The number of hydrogen-bond donors (Lipinski definition) is 3. The zero-order valence-corrected chi connectivity index (χ0v) is 12.5. The molecule has 0 spiro atoms. The molecule has 1 atom stereocenters. The molecule has 1 aromatic rings. The summed E-state index contributed by atoms with van der Waals surface area (Å²) in [5, 5.41) is 15.0. The van der Waals surface area contributed by atoms with Crippen LogP contribution in [0.25, 0.3) is 0 Å². The van der Waals surface area contributed by atoms with E-state index in [4.69, 9.17) is 5.11 Å². The van der Waals surface area contributed by atoms with E-state index in [1.807, 2.05) is 38.1 Å². The molecule has 3 N–H and O–H groups in total. The fourth-order valence-corrected chi connectivity index (χ4v) is 2.63. The molecule has 21 heavy (non-hydrogen) atoms. The average molecular weight is 290 g/mol. The number of aliphatic carboxylic acids is 1. The molecule has 0 radical (unpaired) electrons. The highest BCUT2D eigenvalue weighted by Gasteiger charge is 2.30. The van der Waals surface area contributed by atoms with Crippen molar-refractivity contribution in [2.45, 2.75) is 44.7 Å². The van der Waals surface area contributed by atoms with Crippen LogP contribution in [-0.2, 0) is 16.0 Å². The van der Waals surface area contributed by atoms with Crippen LogP contribution in [0.15, 0.2) is 24.3 Å². The smallest absolute Gasteiger partial charge is 0.303 e. The Morgan fingerprint density at radius 1 is 1.38 bits per heavy atom. The molecule has 1 heterocycles. The summed E-state index contributed by atoms with van der Waals surface area (Å²) in [6, 6.07) is 7.57. The summed E-state index contributed by atoms with van der Waals surface area (Å²) < 4.78 is 0. The molecule has 2 rings (SSSR count). The summed E-state index contributed by atoms with van der Waals surface area (Å²) in [6.07, 6.45) is 1.37. The lowest BCUT2D eigenvalue weighted by Crippen LogP contribution is -2.49. The van der Waals surface area contributed by atoms with Crippen LogP contribution in [0.3, 0.4) is 0 Å². The van der Waals surface area contributed by atoms with Crippen molar-refractivity contribution in [1.29, 1.82) is 0 Å². The Balaban J connectivity index is 2.06. The van der Waals surface area contributed by atoms with E-state index in [2.05, 4.69) is 10.6 Å². The number of fused-ring (bicyclic) bond motifs is 1. The van der Waals surface area contributed by atoms with E-state index in [1.54, 1.807) is 0 Å². The van der Waals surface area contributed by atoms with Crippen LogP contribution in [0, 0.1) is 0 Å². The van der Waals surface area contributed by atoms with Crippen molar-refractivity contribution >= 4 is 11.9 Å². The van der Waals surface area contributed by atoms with Gasteiger partial charge in [0.1, 0.15) is 6.04 Å². The Morgan fingerprint density at radius 3 is 2.81 bits per heavy atom. The van der Waals surface area contributed by atoms with Crippen LogP contribution in [-0.4, -0.2) is 29.1 Å². The van der Waals surface area contributed by atoms with Crippen molar-refractivity contribution in [2.75, 3.05) is 6.54 Å². The summed E-state index contributed by atoms with van der Waals surface area (Å²) in [5.41, 5.74) is 1.67. The van der Waals surface area contributed by atoms with E-state index in [0.717, 1.165) is 18.5 Å². The first-order valence-corrected chi connectivity index (χ1v) is 7.24. The minimum atomic E-state index is -0.849. The highest BCUT2D eigenvalue weighted by molar-refractivity contribution is 5.84. The molecule has 0 aliphatic carbocycles. The molecule has 1 aliphatic rings. The van der Waals surface area contributed by atoms with Gasteiger partial charge in [0.2, 0.25) is 5.91 Å². The number of rotatable bonds is 5. The lowest BCUT2D eigenvalue weighted by Gasteiger charge is -2.31. The SMILES string of the molecule is CC(C)(CCC(=O)O)NC(=O)C1NCCc2ccccc21. The Hall–Kier alpha value is -1.88. The second kappa shape index (κ2) is 6.26. The second-order valence-electron chi connectivity index (χ2n) is 6.10. The first kappa shape index (κ1) is 15.5. The number of carboxylic acid groups (broad SMARTS) is 1. The van der Waals surface area contributed by atoms with Gasteiger partial charge in [-0.15, -0.1) is 0 Å². The third-order valence-electron chi connectivity index (χ3n) is 3.80. The highest BCUT2D eigenvalue weighted by Crippen LogP contribution is 2.24. The summed E-state index contributed by atoms with van der Waals surface area (Å²) in [5.74, 6) is -0.948. The standard InChI is InChI=1S/C16H22N2O3/c1-16(2,9-7-13(19)20)18-15(21)14-12-6-4-3-5-11(12)8-10-17-14/h3-6,14,17H,7-10H2,1-2H3,(H,18,21)(H,19,20). The van der Waals surface area contributed by atoms with Crippen LogP contribution in [0.1, 0.15) is 43.9 Å². The monoisotopic (exact) mass is 290 g/mol. The molecule has 0 aromatic heterocycles. The van der Waals surface area contributed by atoms with Crippen molar-refractivity contribution in [2.24, 2.45) is 0 Å². The maximum Gasteiger partial charge on any atom is 0.303 e. The van der Waals surface area contributed by atoms with Gasteiger partial charge in [-0.05, 0) is 37.8 Å². The molecule has 0 bridgehead atoms. The molecule has 1 aliphatic heterocycles. The van der Waals surface area contributed by atoms with E-state index in [-0.39, 0.29) is 18.4 Å². The van der Waals surface area contributed by atoms with Gasteiger partial charge in [-0.25, -0.2) is 0 Å². The molecule has 1 amide bonds. The molecule has 1 aromatic carbocycles. The van der Waals surface area contributed by atoms with Crippen LogP contribution in [0.2, 0.25) is 0 Å². The first-order chi connectivity index (χ1) is 9.89. The van der Waals surface area contributed by atoms with Gasteiger partial charge in [0, 0.05) is 18.5 Å². The summed E-state index contributed by atoms with van der Waals surface area (Å²) in [7, 11) is 0. The number of carbonyl (C=O) groups excluding carboxylic acids is 1. The second-order valence-corrected chi connectivity index (χ2v) is 6.10. The van der Waals surface area contributed by atoms with Crippen LogP contribution < -0.4 is 10.6 Å². The topological polar surface area (TPSA) is 78.4 Å².